The third-order valence-corrected chi connectivity index (χ3v) is 4.76. The number of aryl methyl sites for hydroxylation is 2. The molecule has 1 amide bonds. The number of likely N-dealkylation sites (tertiary alicyclic amines) is 1. The first kappa shape index (κ1) is 20.1. The zero-order valence-corrected chi connectivity index (χ0v) is 17.0. The Balaban J connectivity index is 1.59. The zero-order valence-electron chi connectivity index (χ0n) is 17.0. The average Bonchev–Trinajstić information content (AvgIpc) is 2.67. The zero-order chi connectivity index (χ0) is 19.9. The van der Waals surface area contributed by atoms with Crippen LogP contribution in [0.5, 0.6) is 11.6 Å². The largest absolute Gasteiger partial charge is 0.494 e. The van der Waals surface area contributed by atoms with Gasteiger partial charge in [-0.2, -0.15) is 4.98 Å². The minimum absolute atomic E-state index is 0.0310. The van der Waals surface area contributed by atoms with Crippen molar-refractivity contribution in [3.63, 3.8) is 0 Å². The smallest absolute Gasteiger partial charge is 0.253 e. The van der Waals surface area contributed by atoms with Gasteiger partial charge in [0, 0.05) is 23.9 Å². The summed E-state index contributed by atoms with van der Waals surface area (Å²) in [6.07, 6.45) is 3.90. The van der Waals surface area contributed by atoms with E-state index < -0.39 is 0 Å². The minimum Gasteiger partial charge on any atom is -0.494 e. The molecular formula is C22H29N3O3. The van der Waals surface area contributed by atoms with Gasteiger partial charge in [-0.15, -0.1) is 0 Å². The van der Waals surface area contributed by atoms with E-state index in [2.05, 4.69) is 16.9 Å². The summed E-state index contributed by atoms with van der Waals surface area (Å²) in [5.74, 6) is 2.11. The van der Waals surface area contributed by atoms with Crippen LogP contribution in [0, 0.1) is 13.8 Å². The Kier molecular flexibility index (Phi) is 6.85. The Morgan fingerprint density at radius 2 is 2.00 bits per heavy atom. The number of piperidine rings is 1. The van der Waals surface area contributed by atoms with Crippen molar-refractivity contribution in [3.8, 4) is 11.6 Å². The quantitative estimate of drug-likeness (QED) is 0.677. The second-order valence-electron chi connectivity index (χ2n) is 7.25. The summed E-state index contributed by atoms with van der Waals surface area (Å²) in [6, 6.07) is 9.25. The molecule has 6 nitrogen and oxygen atoms in total. The van der Waals surface area contributed by atoms with E-state index in [9.17, 15) is 4.79 Å². The molecule has 0 saturated carbocycles. The average molecular weight is 383 g/mol. The second-order valence-corrected chi connectivity index (χ2v) is 7.25. The van der Waals surface area contributed by atoms with E-state index in [1.807, 2.05) is 49.1 Å². The Morgan fingerprint density at radius 1 is 1.21 bits per heavy atom. The van der Waals surface area contributed by atoms with Crippen molar-refractivity contribution >= 4 is 5.91 Å². The summed E-state index contributed by atoms with van der Waals surface area (Å²) in [5, 5.41) is 0. The predicted molar refractivity (Wildman–Crippen MR) is 108 cm³/mol. The summed E-state index contributed by atoms with van der Waals surface area (Å²) < 4.78 is 11.7. The van der Waals surface area contributed by atoms with Crippen molar-refractivity contribution in [2.45, 2.75) is 52.6 Å². The number of hydrogen-bond donors (Lipinski definition) is 0. The van der Waals surface area contributed by atoms with Crippen LogP contribution in [0.1, 0.15) is 54.5 Å². The molecule has 1 unspecified atom stereocenters. The summed E-state index contributed by atoms with van der Waals surface area (Å²) >= 11 is 0. The molecule has 28 heavy (non-hydrogen) atoms. The number of carbonyl (C=O) groups excluding carboxylic acids is 1. The highest BCUT2D eigenvalue weighted by molar-refractivity contribution is 5.94. The third-order valence-electron chi connectivity index (χ3n) is 4.76. The van der Waals surface area contributed by atoms with Gasteiger partial charge < -0.3 is 14.4 Å². The molecular weight excluding hydrogens is 354 g/mol. The molecule has 0 aliphatic carbocycles. The number of benzene rings is 1. The lowest BCUT2D eigenvalue weighted by molar-refractivity contribution is 0.0526. The number of unbranched alkanes of at least 4 members (excludes halogenated alkanes) is 1. The van der Waals surface area contributed by atoms with Gasteiger partial charge in [-0.1, -0.05) is 13.3 Å². The summed E-state index contributed by atoms with van der Waals surface area (Å²) in [7, 11) is 0. The van der Waals surface area contributed by atoms with Crippen LogP contribution in [-0.2, 0) is 0 Å². The number of aromatic nitrogens is 2. The van der Waals surface area contributed by atoms with Crippen molar-refractivity contribution in [2.75, 3.05) is 19.7 Å². The molecule has 0 bridgehead atoms. The number of ether oxygens (including phenoxy) is 2. The molecule has 1 saturated heterocycles. The summed E-state index contributed by atoms with van der Waals surface area (Å²) in [5.41, 5.74) is 1.56. The second kappa shape index (κ2) is 9.53. The standard InChI is InChI=1S/C22H29N3O3/c1-4-5-13-27-19-10-8-18(9-11-19)22(26)25-12-6-7-20(15-25)28-21-14-16(2)23-17(3)24-21/h8-11,14,20H,4-7,12-13,15H2,1-3H3. The van der Waals surface area contributed by atoms with E-state index in [4.69, 9.17) is 9.47 Å². The van der Waals surface area contributed by atoms with Crippen molar-refractivity contribution in [3.05, 3.63) is 47.4 Å². The molecule has 1 aromatic heterocycles. The van der Waals surface area contributed by atoms with Gasteiger partial charge in [-0.3, -0.25) is 4.79 Å². The van der Waals surface area contributed by atoms with Crippen LogP contribution in [-0.4, -0.2) is 46.6 Å². The SMILES string of the molecule is CCCCOc1ccc(C(=O)N2CCCC(Oc3cc(C)nc(C)n3)C2)cc1. The third kappa shape index (κ3) is 5.44. The Morgan fingerprint density at radius 3 is 2.71 bits per heavy atom. The van der Waals surface area contributed by atoms with Gasteiger partial charge in [-0.05, 0) is 57.4 Å². The molecule has 1 aliphatic heterocycles. The van der Waals surface area contributed by atoms with Crippen LogP contribution in [0.15, 0.2) is 30.3 Å². The van der Waals surface area contributed by atoms with Gasteiger partial charge in [0.05, 0.1) is 13.2 Å². The highest BCUT2D eigenvalue weighted by Gasteiger charge is 2.26. The Labute approximate surface area is 166 Å². The highest BCUT2D eigenvalue weighted by atomic mass is 16.5. The molecule has 1 aliphatic rings. The first-order valence-electron chi connectivity index (χ1n) is 10.1. The summed E-state index contributed by atoms with van der Waals surface area (Å²) in [6.45, 7) is 7.93. The van der Waals surface area contributed by atoms with Crippen LogP contribution in [0.2, 0.25) is 0 Å². The van der Waals surface area contributed by atoms with Crippen LogP contribution >= 0.6 is 0 Å². The lowest BCUT2D eigenvalue weighted by atomic mass is 10.1. The van der Waals surface area contributed by atoms with Gasteiger partial charge in [0.1, 0.15) is 17.7 Å². The van der Waals surface area contributed by atoms with Crippen molar-refractivity contribution in [1.29, 1.82) is 0 Å². The number of hydrogen-bond acceptors (Lipinski definition) is 5. The van der Waals surface area contributed by atoms with Crippen LogP contribution < -0.4 is 9.47 Å². The number of rotatable bonds is 7. The van der Waals surface area contributed by atoms with E-state index in [0.717, 1.165) is 43.7 Å². The molecule has 2 aromatic rings. The fraction of sp³-hybridized carbons (Fsp3) is 0.500. The van der Waals surface area contributed by atoms with Crippen molar-refractivity contribution < 1.29 is 14.3 Å². The highest BCUT2D eigenvalue weighted by Crippen LogP contribution is 2.20. The van der Waals surface area contributed by atoms with E-state index in [0.29, 0.717) is 30.4 Å². The lowest BCUT2D eigenvalue weighted by Gasteiger charge is -2.32. The van der Waals surface area contributed by atoms with E-state index in [-0.39, 0.29) is 12.0 Å². The van der Waals surface area contributed by atoms with E-state index in [1.165, 1.54) is 0 Å². The molecule has 1 aromatic carbocycles. The fourth-order valence-electron chi connectivity index (χ4n) is 3.34. The van der Waals surface area contributed by atoms with Crippen LogP contribution in [0.25, 0.3) is 0 Å². The van der Waals surface area contributed by atoms with Gasteiger partial charge >= 0.3 is 0 Å². The molecule has 3 rings (SSSR count). The predicted octanol–water partition coefficient (Wildman–Crippen LogP) is 3.96. The number of carbonyl (C=O) groups is 1. The molecule has 1 atom stereocenters. The van der Waals surface area contributed by atoms with Crippen LogP contribution in [0.4, 0.5) is 0 Å². The van der Waals surface area contributed by atoms with Gasteiger partial charge in [0.15, 0.2) is 0 Å². The van der Waals surface area contributed by atoms with Gasteiger partial charge in [-0.25, -0.2) is 4.98 Å². The first-order chi connectivity index (χ1) is 13.5. The molecule has 2 heterocycles. The topological polar surface area (TPSA) is 64.5 Å². The number of nitrogens with zero attached hydrogens (tertiary/aromatic N) is 3. The normalized spacial score (nSPS) is 16.7. The maximum atomic E-state index is 12.9. The van der Waals surface area contributed by atoms with Gasteiger partial charge in [0.25, 0.3) is 5.91 Å². The van der Waals surface area contributed by atoms with Crippen molar-refractivity contribution in [1.82, 2.24) is 14.9 Å². The maximum absolute atomic E-state index is 12.9. The molecule has 0 spiro atoms. The van der Waals surface area contributed by atoms with E-state index in [1.54, 1.807) is 0 Å². The molecule has 0 N–H and O–H groups in total. The maximum Gasteiger partial charge on any atom is 0.253 e. The molecule has 1 fully saturated rings. The first-order valence-corrected chi connectivity index (χ1v) is 10.1. The minimum atomic E-state index is -0.0527. The Bertz CT molecular complexity index is 772. The fourth-order valence-corrected chi connectivity index (χ4v) is 3.34. The van der Waals surface area contributed by atoms with Crippen LogP contribution in [0.3, 0.4) is 0 Å². The Hall–Kier alpha value is -2.63. The van der Waals surface area contributed by atoms with Gasteiger partial charge in [0.2, 0.25) is 5.88 Å². The molecule has 150 valence electrons. The number of amides is 1. The summed E-state index contributed by atoms with van der Waals surface area (Å²) in [4.78, 5) is 23.4. The van der Waals surface area contributed by atoms with Crippen molar-refractivity contribution in [2.24, 2.45) is 0 Å². The molecule has 0 radical (unpaired) electrons. The molecule has 6 heteroatoms. The lowest BCUT2D eigenvalue weighted by Crippen LogP contribution is -2.44. The monoisotopic (exact) mass is 383 g/mol. The van der Waals surface area contributed by atoms with E-state index >= 15 is 0 Å².